The first-order valence-corrected chi connectivity index (χ1v) is 7.62. The fourth-order valence-electron chi connectivity index (χ4n) is 1.94. The van der Waals surface area contributed by atoms with Gasteiger partial charge in [0.25, 0.3) is 0 Å². The minimum absolute atomic E-state index is 0.223. The number of nitrogen functional groups attached to an aromatic ring is 1. The van der Waals surface area contributed by atoms with Crippen LogP contribution in [0.15, 0.2) is 5.03 Å². The van der Waals surface area contributed by atoms with Gasteiger partial charge in [-0.3, -0.25) is 4.90 Å². The minimum Gasteiger partial charge on any atom is -0.382 e. The number of nitrogens with one attached hydrogen (secondary N) is 1. The molecule has 1 aliphatic heterocycles. The predicted octanol–water partition coefficient (Wildman–Crippen LogP) is 0.396. The molecule has 1 aromatic rings. The molecule has 1 fully saturated rings. The molecular weight excluding hydrogens is 276 g/mol. The van der Waals surface area contributed by atoms with Crippen LogP contribution in [0.1, 0.15) is 5.56 Å². The molecule has 2 rings (SSSR count). The molecule has 0 aliphatic carbocycles. The zero-order chi connectivity index (χ0) is 14.4. The second kappa shape index (κ2) is 7.28. The van der Waals surface area contributed by atoms with Crippen molar-refractivity contribution in [1.29, 1.82) is 5.26 Å². The van der Waals surface area contributed by atoms with Gasteiger partial charge in [-0.2, -0.15) is 10.2 Å². The van der Waals surface area contributed by atoms with Crippen LogP contribution in [0.5, 0.6) is 0 Å². The summed E-state index contributed by atoms with van der Waals surface area (Å²) in [5.41, 5.74) is 6.11. The number of nitriles is 1. The number of anilines is 2. The molecule has 7 nitrogen and oxygen atoms in total. The highest BCUT2D eigenvalue weighted by Gasteiger charge is 2.12. The highest BCUT2D eigenvalue weighted by atomic mass is 32.2. The van der Waals surface area contributed by atoms with Gasteiger partial charge in [0.2, 0.25) is 5.95 Å². The fraction of sp³-hybridized carbons (Fsp3) is 0.583. The van der Waals surface area contributed by atoms with Gasteiger partial charge in [-0.25, -0.2) is 4.98 Å². The van der Waals surface area contributed by atoms with Crippen LogP contribution in [0.4, 0.5) is 11.8 Å². The van der Waals surface area contributed by atoms with Crippen molar-refractivity contribution >= 4 is 23.5 Å². The zero-order valence-electron chi connectivity index (χ0n) is 11.4. The van der Waals surface area contributed by atoms with Crippen molar-refractivity contribution in [1.82, 2.24) is 14.9 Å². The van der Waals surface area contributed by atoms with Crippen LogP contribution < -0.4 is 11.1 Å². The van der Waals surface area contributed by atoms with Crippen LogP contribution in [0.25, 0.3) is 0 Å². The maximum atomic E-state index is 9.01. The number of morpholine rings is 1. The molecule has 0 saturated carbocycles. The molecule has 0 aromatic carbocycles. The number of aromatic nitrogens is 2. The molecule has 0 bridgehead atoms. The van der Waals surface area contributed by atoms with Gasteiger partial charge < -0.3 is 15.8 Å². The van der Waals surface area contributed by atoms with Gasteiger partial charge in [0.05, 0.1) is 13.2 Å². The van der Waals surface area contributed by atoms with Crippen molar-refractivity contribution in [2.45, 2.75) is 5.03 Å². The van der Waals surface area contributed by atoms with E-state index in [1.165, 1.54) is 11.8 Å². The minimum atomic E-state index is 0.223. The highest BCUT2D eigenvalue weighted by molar-refractivity contribution is 7.98. The number of nitrogens with zero attached hydrogens (tertiary/aromatic N) is 4. The summed E-state index contributed by atoms with van der Waals surface area (Å²) in [7, 11) is 0. The second-order valence-electron chi connectivity index (χ2n) is 4.31. The summed E-state index contributed by atoms with van der Waals surface area (Å²) < 4.78 is 5.30. The van der Waals surface area contributed by atoms with E-state index in [1.54, 1.807) is 0 Å². The number of hydrogen-bond acceptors (Lipinski definition) is 8. The largest absolute Gasteiger partial charge is 0.382 e. The van der Waals surface area contributed by atoms with Crippen LogP contribution in [0, 0.1) is 11.3 Å². The number of thioether (sulfide) groups is 1. The summed E-state index contributed by atoms with van der Waals surface area (Å²) in [6.07, 6.45) is 1.86. The van der Waals surface area contributed by atoms with E-state index in [-0.39, 0.29) is 5.82 Å². The second-order valence-corrected chi connectivity index (χ2v) is 5.10. The van der Waals surface area contributed by atoms with Gasteiger partial charge in [0.1, 0.15) is 22.5 Å². The lowest BCUT2D eigenvalue weighted by molar-refractivity contribution is 0.0398. The van der Waals surface area contributed by atoms with Gasteiger partial charge in [-0.1, -0.05) is 0 Å². The van der Waals surface area contributed by atoms with Gasteiger partial charge >= 0.3 is 0 Å². The normalized spacial score (nSPS) is 15.8. The monoisotopic (exact) mass is 294 g/mol. The molecule has 0 spiro atoms. The summed E-state index contributed by atoms with van der Waals surface area (Å²) in [6, 6.07) is 2.03. The van der Waals surface area contributed by atoms with Crippen molar-refractivity contribution < 1.29 is 4.74 Å². The quantitative estimate of drug-likeness (QED) is 0.594. The van der Waals surface area contributed by atoms with E-state index in [2.05, 4.69) is 20.2 Å². The molecule has 1 saturated heterocycles. The van der Waals surface area contributed by atoms with Crippen LogP contribution in [-0.2, 0) is 4.74 Å². The third-order valence-corrected chi connectivity index (χ3v) is 3.71. The smallest absolute Gasteiger partial charge is 0.225 e. The van der Waals surface area contributed by atoms with E-state index >= 15 is 0 Å². The van der Waals surface area contributed by atoms with E-state index in [4.69, 9.17) is 15.7 Å². The summed E-state index contributed by atoms with van der Waals surface area (Å²) in [6.45, 7) is 5.12. The number of hydrogen-bond donors (Lipinski definition) is 2. The standard InChI is InChI=1S/C12H18N6OS/c1-20-11-9(8-13)10(14)16-12(17-11)15-2-3-18-4-6-19-7-5-18/h2-7H2,1H3,(H3,14,15,16,17). The zero-order valence-corrected chi connectivity index (χ0v) is 12.2. The average molecular weight is 294 g/mol. The molecule has 0 amide bonds. The third-order valence-electron chi connectivity index (χ3n) is 3.02. The molecule has 0 atom stereocenters. The van der Waals surface area contributed by atoms with Crippen molar-refractivity contribution in [3.05, 3.63) is 5.56 Å². The number of nitrogens with two attached hydrogens (primary N) is 1. The molecule has 108 valence electrons. The molecule has 8 heteroatoms. The van der Waals surface area contributed by atoms with Crippen molar-refractivity contribution in [2.75, 3.05) is 56.7 Å². The van der Waals surface area contributed by atoms with E-state index in [9.17, 15) is 0 Å². The average Bonchev–Trinajstić information content (AvgIpc) is 2.47. The molecule has 1 aromatic heterocycles. The maximum Gasteiger partial charge on any atom is 0.225 e. The van der Waals surface area contributed by atoms with E-state index in [0.717, 1.165) is 39.4 Å². The summed E-state index contributed by atoms with van der Waals surface area (Å²) in [4.78, 5) is 10.7. The molecule has 2 heterocycles. The van der Waals surface area contributed by atoms with E-state index < -0.39 is 0 Å². The van der Waals surface area contributed by atoms with Gasteiger partial charge in [-0.15, -0.1) is 11.8 Å². The molecule has 20 heavy (non-hydrogen) atoms. The fourth-order valence-corrected chi connectivity index (χ4v) is 2.47. The Balaban J connectivity index is 1.92. The van der Waals surface area contributed by atoms with Crippen molar-refractivity contribution in [3.8, 4) is 6.07 Å². The lowest BCUT2D eigenvalue weighted by Gasteiger charge is -2.26. The van der Waals surface area contributed by atoms with Crippen LogP contribution in [-0.4, -0.2) is 60.5 Å². The predicted molar refractivity (Wildman–Crippen MR) is 78.7 cm³/mol. The third kappa shape index (κ3) is 3.72. The highest BCUT2D eigenvalue weighted by Crippen LogP contribution is 2.22. The Morgan fingerprint density at radius 3 is 2.85 bits per heavy atom. The topological polar surface area (TPSA) is 100 Å². The first-order chi connectivity index (χ1) is 9.74. The first kappa shape index (κ1) is 14.8. The molecule has 3 N–H and O–H groups in total. The Morgan fingerprint density at radius 1 is 1.45 bits per heavy atom. The van der Waals surface area contributed by atoms with Crippen LogP contribution in [0.3, 0.4) is 0 Å². The molecular formula is C12H18N6OS. The Hall–Kier alpha value is -1.56. The van der Waals surface area contributed by atoms with Crippen LogP contribution >= 0.6 is 11.8 Å². The summed E-state index contributed by atoms with van der Waals surface area (Å²) in [5.74, 6) is 0.694. The Morgan fingerprint density at radius 2 is 2.20 bits per heavy atom. The molecule has 1 aliphatic rings. The van der Waals surface area contributed by atoms with E-state index in [1.807, 2.05) is 12.3 Å². The van der Waals surface area contributed by atoms with E-state index in [0.29, 0.717) is 16.5 Å². The lowest BCUT2D eigenvalue weighted by atomic mass is 10.3. The summed E-state index contributed by atoms with van der Waals surface area (Å²) in [5, 5.41) is 12.8. The lowest BCUT2D eigenvalue weighted by Crippen LogP contribution is -2.39. The van der Waals surface area contributed by atoms with Gasteiger partial charge in [0, 0.05) is 26.2 Å². The van der Waals surface area contributed by atoms with Gasteiger partial charge in [-0.05, 0) is 6.26 Å². The Labute approximate surface area is 122 Å². The summed E-state index contributed by atoms with van der Waals surface area (Å²) >= 11 is 1.39. The van der Waals surface area contributed by atoms with Crippen molar-refractivity contribution in [2.24, 2.45) is 0 Å². The Kier molecular flexibility index (Phi) is 5.40. The number of rotatable bonds is 5. The number of ether oxygens (including phenoxy) is 1. The molecule has 0 unspecified atom stereocenters. The van der Waals surface area contributed by atoms with Crippen LogP contribution in [0.2, 0.25) is 0 Å². The maximum absolute atomic E-state index is 9.01. The SMILES string of the molecule is CSc1nc(NCCN2CCOCC2)nc(N)c1C#N. The first-order valence-electron chi connectivity index (χ1n) is 6.40. The van der Waals surface area contributed by atoms with Gasteiger partial charge in [0.15, 0.2) is 0 Å². The molecule has 0 radical (unpaired) electrons. The van der Waals surface area contributed by atoms with Crippen molar-refractivity contribution in [3.63, 3.8) is 0 Å². The Bertz CT molecular complexity index is 497.